The number of nitrogens with zero attached hydrogens (tertiary/aromatic N) is 6. The number of hydrogen-bond donors (Lipinski definition) is 0. The maximum Gasteiger partial charge on any atom is 0.165 e. The van der Waals surface area contributed by atoms with Gasteiger partial charge in [0.05, 0.1) is 19.2 Å². The summed E-state index contributed by atoms with van der Waals surface area (Å²) in [4.78, 5) is 4.86. The lowest BCUT2D eigenvalue weighted by atomic mass is 10.2. The summed E-state index contributed by atoms with van der Waals surface area (Å²) in [6.07, 6.45) is 2.51. The number of rotatable bonds is 5. The highest BCUT2D eigenvalue weighted by atomic mass is 16.5. The van der Waals surface area contributed by atoms with Crippen LogP contribution in [0.25, 0.3) is 0 Å². The van der Waals surface area contributed by atoms with Gasteiger partial charge in [0, 0.05) is 38.5 Å². The number of aromatic nitrogens is 4. The van der Waals surface area contributed by atoms with Gasteiger partial charge in [-0.15, -0.1) is 5.10 Å². The van der Waals surface area contributed by atoms with E-state index in [4.69, 9.17) is 4.74 Å². The quantitative estimate of drug-likeness (QED) is 0.821. The summed E-state index contributed by atoms with van der Waals surface area (Å²) >= 11 is 0. The summed E-state index contributed by atoms with van der Waals surface area (Å²) in [7, 11) is 0. The number of anilines is 1. The van der Waals surface area contributed by atoms with Crippen LogP contribution in [0.1, 0.15) is 18.7 Å². The van der Waals surface area contributed by atoms with Crippen LogP contribution >= 0.6 is 0 Å². The third-order valence-corrected chi connectivity index (χ3v) is 4.87. The second-order valence-corrected chi connectivity index (χ2v) is 6.51. The zero-order chi connectivity index (χ0) is 16.2. The Bertz CT molecular complexity index is 632. The van der Waals surface area contributed by atoms with Gasteiger partial charge in [0.2, 0.25) is 0 Å². The highest BCUT2D eigenvalue weighted by molar-refractivity contribution is 5.46. The van der Waals surface area contributed by atoms with Gasteiger partial charge in [0.25, 0.3) is 0 Å². The van der Waals surface area contributed by atoms with Crippen molar-refractivity contribution >= 4 is 5.69 Å². The number of para-hydroxylation sites is 1. The van der Waals surface area contributed by atoms with Crippen molar-refractivity contribution in [2.75, 3.05) is 37.7 Å². The fraction of sp³-hybridized carbons (Fsp3) is 0.588. The third kappa shape index (κ3) is 3.57. The van der Waals surface area contributed by atoms with E-state index in [-0.39, 0.29) is 6.10 Å². The van der Waals surface area contributed by atoms with Gasteiger partial charge >= 0.3 is 0 Å². The van der Waals surface area contributed by atoms with Crippen LogP contribution in [0.15, 0.2) is 30.3 Å². The average Bonchev–Trinajstić information content (AvgIpc) is 3.29. The van der Waals surface area contributed by atoms with Crippen molar-refractivity contribution < 1.29 is 4.74 Å². The summed E-state index contributed by atoms with van der Waals surface area (Å²) in [6.45, 7) is 6.58. The topological polar surface area (TPSA) is 59.3 Å². The molecule has 0 amide bonds. The SMILES string of the molecule is c1ccc(N2CCN(Cc3nnnn3CC3CCCO3)CC2)cc1. The molecule has 2 aliphatic heterocycles. The molecule has 0 N–H and O–H groups in total. The molecule has 0 spiro atoms. The van der Waals surface area contributed by atoms with E-state index in [9.17, 15) is 0 Å². The van der Waals surface area contributed by atoms with Gasteiger partial charge in [-0.2, -0.15) is 0 Å². The van der Waals surface area contributed by atoms with Crippen LogP contribution < -0.4 is 4.90 Å². The molecular formula is C17H24N6O. The first-order chi connectivity index (χ1) is 11.9. The first-order valence-electron chi connectivity index (χ1n) is 8.77. The van der Waals surface area contributed by atoms with Crippen LogP contribution in [0.5, 0.6) is 0 Å². The predicted octanol–water partition coefficient (Wildman–Crippen LogP) is 1.17. The van der Waals surface area contributed by atoms with Gasteiger partial charge in [-0.1, -0.05) is 18.2 Å². The molecule has 4 rings (SSSR count). The van der Waals surface area contributed by atoms with E-state index in [1.165, 1.54) is 5.69 Å². The summed E-state index contributed by atoms with van der Waals surface area (Å²) in [6, 6.07) is 10.6. The summed E-state index contributed by atoms with van der Waals surface area (Å²) in [5.41, 5.74) is 1.31. The smallest absolute Gasteiger partial charge is 0.165 e. The Morgan fingerprint density at radius 1 is 1.08 bits per heavy atom. The Morgan fingerprint density at radius 2 is 1.92 bits per heavy atom. The molecule has 7 heteroatoms. The molecule has 1 atom stereocenters. The van der Waals surface area contributed by atoms with Crippen molar-refractivity contribution in [3.8, 4) is 0 Å². The van der Waals surface area contributed by atoms with Crippen molar-refractivity contribution in [1.29, 1.82) is 0 Å². The van der Waals surface area contributed by atoms with Crippen LogP contribution in [0.4, 0.5) is 5.69 Å². The molecule has 24 heavy (non-hydrogen) atoms. The molecule has 2 aliphatic rings. The van der Waals surface area contributed by atoms with Crippen molar-refractivity contribution in [2.45, 2.75) is 32.0 Å². The number of tetrazole rings is 1. The fourth-order valence-corrected chi connectivity index (χ4v) is 3.46. The molecule has 2 aromatic rings. The second-order valence-electron chi connectivity index (χ2n) is 6.51. The maximum atomic E-state index is 5.70. The normalized spacial score (nSPS) is 22.2. The standard InChI is InChI=1S/C17H24N6O/c1-2-5-15(6-3-1)22-10-8-21(9-11-22)14-17-18-19-20-23(17)13-16-7-4-12-24-16/h1-3,5-6,16H,4,7-14H2. The van der Waals surface area contributed by atoms with E-state index in [0.717, 1.165) is 64.5 Å². The Labute approximate surface area is 142 Å². The minimum atomic E-state index is 0.266. The van der Waals surface area contributed by atoms with Crippen LogP contribution in [-0.2, 0) is 17.8 Å². The predicted molar refractivity (Wildman–Crippen MR) is 90.7 cm³/mol. The molecule has 128 valence electrons. The van der Waals surface area contributed by atoms with Crippen LogP contribution in [0.2, 0.25) is 0 Å². The Hall–Kier alpha value is -1.99. The van der Waals surface area contributed by atoms with Gasteiger partial charge in [-0.05, 0) is 35.4 Å². The molecule has 2 fully saturated rings. The van der Waals surface area contributed by atoms with E-state index in [0.29, 0.717) is 0 Å². The van der Waals surface area contributed by atoms with Gasteiger partial charge < -0.3 is 9.64 Å². The van der Waals surface area contributed by atoms with Crippen molar-refractivity contribution in [1.82, 2.24) is 25.1 Å². The van der Waals surface area contributed by atoms with Crippen molar-refractivity contribution in [3.63, 3.8) is 0 Å². The Morgan fingerprint density at radius 3 is 2.67 bits per heavy atom. The highest BCUT2D eigenvalue weighted by Gasteiger charge is 2.22. The molecular weight excluding hydrogens is 304 g/mol. The van der Waals surface area contributed by atoms with Crippen LogP contribution in [0.3, 0.4) is 0 Å². The van der Waals surface area contributed by atoms with E-state index < -0.39 is 0 Å². The molecule has 1 aromatic heterocycles. The lowest BCUT2D eigenvalue weighted by molar-refractivity contribution is 0.0916. The van der Waals surface area contributed by atoms with E-state index in [1.54, 1.807) is 0 Å². The number of hydrogen-bond acceptors (Lipinski definition) is 6. The zero-order valence-corrected chi connectivity index (χ0v) is 13.9. The molecule has 7 nitrogen and oxygen atoms in total. The molecule has 0 radical (unpaired) electrons. The Kier molecular flexibility index (Phi) is 4.71. The molecule has 0 bridgehead atoms. The number of benzene rings is 1. The lowest BCUT2D eigenvalue weighted by Gasteiger charge is -2.35. The van der Waals surface area contributed by atoms with E-state index in [2.05, 4.69) is 55.7 Å². The first kappa shape index (κ1) is 15.5. The third-order valence-electron chi connectivity index (χ3n) is 4.87. The van der Waals surface area contributed by atoms with Gasteiger partial charge in [0.15, 0.2) is 5.82 Å². The molecule has 1 aromatic carbocycles. The zero-order valence-electron chi connectivity index (χ0n) is 13.9. The monoisotopic (exact) mass is 328 g/mol. The molecule has 1 unspecified atom stereocenters. The second kappa shape index (κ2) is 7.27. The average molecular weight is 328 g/mol. The largest absolute Gasteiger partial charge is 0.376 e. The lowest BCUT2D eigenvalue weighted by Crippen LogP contribution is -2.46. The van der Waals surface area contributed by atoms with Crippen LogP contribution in [0, 0.1) is 0 Å². The van der Waals surface area contributed by atoms with Gasteiger partial charge in [-0.25, -0.2) is 4.68 Å². The summed E-state index contributed by atoms with van der Waals surface area (Å²) in [5.74, 6) is 0.943. The summed E-state index contributed by atoms with van der Waals surface area (Å²) < 4.78 is 7.61. The van der Waals surface area contributed by atoms with Crippen molar-refractivity contribution in [3.05, 3.63) is 36.2 Å². The van der Waals surface area contributed by atoms with Gasteiger partial charge in [0.1, 0.15) is 0 Å². The van der Waals surface area contributed by atoms with E-state index in [1.807, 2.05) is 4.68 Å². The molecule has 2 saturated heterocycles. The summed E-state index contributed by atoms with van der Waals surface area (Å²) in [5, 5.41) is 12.2. The van der Waals surface area contributed by atoms with Gasteiger partial charge in [-0.3, -0.25) is 4.90 Å². The Balaban J connectivity index is 1.32. The molecule has 3 heterocycles. The van der Waals surface area contributed by atoms with E-state index >= 15 is 0 Å². The molecule has 0 aliphatic carbocycles. The number of ether oxygens (including phenoxy) is 1. The first-order valence-corrected chi connectivity index (χ1v) is 8.77. The minimum Gasteiger partial charge on any atom is -0.376 e. The molecule has 0 saturated carbocycles. The maximum absolute atomic E-state index is 5.70. The highest BCUT2D eigenvalue weighted by Crippen LogP contribution is 2.17. The fourth-order valence-electron chi connectivity index (χ4n) is 3.46. The van der Waals surface area contributed by atoms with Crippen LogP contribution in [-0.4, -0.2) is 64.0 Å². The minimum absolute atomic E-state index is 0.266. The number of piperazine rings is 1. The van der Waals surface area contributed by atoms with Crippen molar-refractivity contribution in [2.24, 2.45) is 0 Å².